The van der Waals surface area contributed by atoms with Gasteiger partial charge in [0.05, 0.1) is 12.2 Å². The highest BCUT2D eigenvalue weighted by Crippen LogP contribution is 2.13. The van der Waals surface area contributed by atoms with Gasteiger partial charge in [-0.2, -0.15) is 0 Å². The number of aliphatic hydroxyl groups is 2. The molecule has 0 aromatic heterocycles. The molecule has 0 spiro atoms. The Hall–Kier alpha value is -0.120. The minimum atomic E-state index is -0.581. The van der Waals surface area contributed by atoms with Crippen LogP contribution in [0.4, 0.5) is 0 Å². The molecule has 3 heteroatoms. The third-order valence-electron chi connectivity index (χ3n) is 2.32. The second-order valence-corrected chi connectivity index (χ2v) is 3.17. The second-order valence-electron chi connectivity index (χ2n) is 3.17. The molecule has 3 N–H and O–H groups in total. The molecule has 1 aliphatic heterocycles. The van der Waals surface area contributed by atoms with Gasteiger partial charge in [-0.15, -0.1) is 0 Å². The molecule has 1 saturated heterocycles. The summed E-state index contributed by atoms with van der Waals surface area (Å²) in [5, 5.41) is 22.0. The van der Waals surface area contributed by atoms with E-state index in [-0.39, 0.29) is 6.04 Å². The van der Waals surface area contributed by atoms with Crippen molar-refractivity contribution in [2.24, 2.45) is 0 Å². The van der Waals surface area contributed by atoms with E-state index < -0.39 is 12.2 Å². The lowest BCUT2D eigenvalue weighted by atomic mass is 10.0. The van der Waals surface area contributed by atoms with Crippen LogP contribution >= 0.6 is 0 Å². The lowest BCUT2D eigenvalue weighted by Crippen LogP contribution is -2.42. The van der Waals surface area contributed by atoms with Gasteiger partial charge in [-0.05, 0) is 25.8 Å². The van der Waals surface area contributed by atoms with Crippen LogP contribution < -0.4 is 5.32 Å². The molecule has 0 saturated carbocycles. The van der Waals surface area contributed by atoms with Gasteiger partial charge in [-0.1, -0.05) is 6.92 Å². The normalized spacial score (nSPS) is 30.3. The molecule has 2 unspecified atom stereocenters. The maximum absolute atomic E-state index is 9.50. The van der Waals surface area contributed by atoms with Crippen molar-refractivity contribution in [1.29, 1.82) is 0 Å². The van der Waals surface area contributed by atoms with E-state index in [0.717, 1.165) is 19.4 Å². The first-order valence-electron chi connectivity index (χ1n) is 4.35. The quantitative estimate of drug-likeness (QED) is 0.537. The van der Waals surface area contributed by atoms with Crippen LogP contribution in [0.25, 0.3) is 0 Å². The van der Waals surface area contributed by atoms with Crippen molar-refractivity contribution in [2.75, 3.05) is 6.54 Å². The maximum Gasteiger partial charge on any atom is 0.0951 e. The van der Waals surface area contributed by atoms with Gasteiger partial charge in [0.15, 0.2) is 0 Å². The van der Waals surface area contributed by atoms with E-state index in [9.17, 15) is 10.2 Å². The van der Waals surface area contributed by atoms with Crippen molar-refractivity contribution in [3.8, 4) is 0 Å². The lowest BCUT2D eigenvalue weighted by molar-refractivity contribution is -0.00157. The first kappa shape index (κ1) is 8.97. The van der Waals surface area contributed by atoms with Crippen LogP contribution in [0.1, 0.15) is 26.2 Å². The summed E-state index contributed by atoms with van der Waals surface area (Å²) in [6.45, 7) is 2.85. The molecule has 11 heavy (non-hydrogen) atoms. The third-order valence-corrected chi connectivity index (χ3v) is 2.32. The van der Waals surface area contributed by atoms with Crippen molar-refractivity contribution in [2.45, 2.75) is 44.4 Å². The van der Waals surface area contributed by atoms with Crippen molar-refractivity contribution in [1.82, 2.24) is 5.32 Å². The van der Waals surface area contributed by atoms with Gasteiger partial charge in [-0.25, -0.2) is 0 Å². The number of rotatable bonds is 3. The number of hydrogen-bond acceptors (Lipinski definition) is 3. The molecular weight excluding hydrogens is 142 g/mol. The van der Waals surface area contributed by atoms with Crippen LogP contribution in [0.3, 0.4) is 0 Å². The molecule has 0 aromatic rings. The van der Waals surface area contributed by atoms with E-state index in [4.69, 9.17) is 0 Å². The minimum absolute atomic E-state index is 0.116. The molecule has 0 radical (unpaired) electrons. The van der Waals surface area contributed by atoms with Crippen LogP contribution in [0.2, 0.25) is 0 Å². The van der Waals surface area contributed by atoms with Crippen LogP contribution in [-0.2, 0) is 0 Å². The Balaban J connectivity index is 2.32. The summed E-state index contributed by atoms with van der Waals surface area (Å²) in [6.07, 6.45) is 1.57. The molecule has 3 nitrogen and oxygen atoms in total. The van der Waals surface area contributed by atoms with Gasteiger partial charge in [0, 0.05) is 6.04 Å². The van der Waals surface area contributed by atoms with Crippen molar-refractivity contribution < 1.29 is 10.2 Å². The molecule has 1 heterocycles. The predicted octanol–water partition coefficient (Wildman–Crippen LogP) is -0.130. The second kappa shape index (κ2) is 4.04. The molecule has 66 valence electrons. The molecule has 0 amide bonds. The highest BCUT2D eigenvalue weighted by Gasteiger charge is 2.27. The van der Waals surface area contributed by atoms with Crippen LogP contribution in [-0.4, -0.2) is 35.0 Å². The van der Waals surface area contributed by atoms with E-state index in [1.165, 1.54) is 0 Å². The fourth-order valence-corrected chi connectivity index (χ4v) is 1.51. The Morgan fingerprint density at radius 3 is 2.73 bits per heavy atom. The fraction of sp³-hybridized carbons (Fsp3) is 1.00. The SMILES string of the molecule is CCC(O)C(O)[C@@H]1CCCN1. The Kier molecular flexibility index (Phi) is 3.30. The summed E-state index contributed by atoms with van der Waals surface area (Å²) in [4.78, 5) is 0. The van der Waals surface area contributed by atoms with E-state index in [0.29, 0.717) is 6.42 Å². The minimum Gasteiger partial charge on any atom is -0.390 e. The number of aliphatic hydroxyl groups excluding tert-OH is 2. The summed E-state index contributed by atoms with van der Waals surface area (Å²) in [6, 6.07) is 0.116. The monoisotopic (exact) mass is 159 g/mol. The standard InChI is InChI=1S/C8H17NO2/c1-2-7(10)8(11)6-4-3-5-9-6/h6-11H,2-5H2,1H3/t6-,7?,8?/m0/s1. The summed E-state index contributed by atoms with van der Waals surface area (Å²) in [5.41, 5.74) is 0. The van der Waals surface area contributed by atoms with Crippen molar-refractivity contribution >= 4 is 0 Å². The average molecular weight is 159 g/mol. The maximum atomic E-state index is 9.50. The fourth-order valence-electron chi connectivity index (χ4n) is 1.51. The lowest BCUT2D eigenvalue weighted by Gasteiger charge is -2.22. The molecule has 1 fully saturated rings. The van der Waals surface area contributed by atoms with Crippen molar-refractivity contribution in [3.63, 3.8) is 0 Å². The van der Waals surface area contributed by atoms with E-state index in [1.807, 2.05) is 6.92 Å². The smallest absolute Gasteiger partial charge is 0.0951 e. The van der Waals surface area contributed by atoms with Crippen LogP contribution in [0, 0.1) is 0 Å². The highest BCUT2D eigenvalue weighted by atomic mass is 16.3. The van der Waals surface area contributed by atoms with Gasteiger partial charge in [0.25, 0.3) is 0 Å². The Morgan fingerprint density at radius 2 is 2.27 bits per heavy atom. The summed E-state index contributed by atoms with van der Waals surface area (Å²) in [7, 11) is 0. The predicted molar refractivity (Wildman–Crippen MR) is 43.3 cm³/mol. The summed E-state index contributed by atoms with van der Waals surface area (Å²) >= 11 is 0. The van der Waals surface area contributed by atoms with E-state index >= 15 is 0 Å². The Bertz CT molecular complexity index is 113. The molecule has 0 bridgehead atoms. The van der Waals surface area contributed by atoms with E-state index in [2.05, 4.69) is 5.32 Å². The topological polar surface area (TPSA) is 52.5 Å². The summed E-state index contributed by atoms with van der Waals surface area (Å²) in [5.74, 6) is 0. The number of nitrogens with one attached hydrogen (secondary N) is 1. The van der Waals surface area contributed by atoms with Crippen molar-refractivity contribution in [3.05, 3.63) is 0 Å². The van der Waals surface area contributed by atoms with Gasteiger partial charge in [0.1, 0.15) is 0 Å². The Labute approximate surface area is 67.4 Å². The zero-order valence-corrected chi connectivity index (χ0v) is 6.95. The zero-order valence-electron chi connectivity index (χ0n) is 6.95. The highest BCUT2D eigenvalue weighted by molar-refractivity contribution is 4.84. The summed E-state index contributed by atoms with van der Waals surface area (Å²) < 4.78 is 0. The first-order chi connectivity index (χ1) is 5.25. The van der Waals surface area contributed by atoms with Gasteiger partial charge >= 0.3 is 0 Å². The average Bonchev–Trinajstić information content (AvgIpc) is 2.53. The van der Waals surface area contributed by atoms with Crippen LogP contribution in [0.15, 0.2) is 0 Å². The zero-order chi connectivity index (χ0) is 8.27. The van der Waals surface area contributed by atoms with Gasteiger partial charge < -0.3 is 15.5 Å². The molecule has 1 rings (SSSR count). The molecule has 0 aliphatic carbocycles. The van der Waals surface area contributed by atoms with E-state index in [1.54, 1.807) is 0 Å². The largest absolute Gasteiger partial charge is 0.390 e. The first-order valence-corrected chi connectivity index (χ1v) is 4.35. The molecule has 3 atom stereocenters. The Morgan fingerprint density at radius 1 is 1.55 bits per heavy atom. The third kappa shape index (κ3) is 2.15. The van der Waals surface area contributed by atoms with Gasteiger partial charge in [0.2, 0.25) is 0 Å². The number of hydrogen-bond donors (Lipinski definition) is 3. The molecule has 1 aliphatic rings. The van der Waals surface area contributed by atoms with Gasteiger partial charge in [-0.3, -0.25) is 0 Å². The van der Waals surface area contributed by atoms with Crippen LogP contribution in [0.5, 0.6) is 0 Å². The molecule has 0 aromatic carbocycles. The molecular formula is C8H17NO2.